The van der Waals surface area contributed by atoms with Crippen molar-refractivity contribution in [2.75, 3.05) is 38.0 Å². The Hall–Kier alpha value is -3.38. The summed E-state index contributed by atoms with van der Waals surface area (Å²) in [6.45, 7) is 7.00. The summed E-state index contributed by atoms with van der Waals surface area (Å²) in [5, 5.41) is 3.98. The second kappa shape index (κ2) is 14.0. The van der Waals surface area contributed by atoms with Gasteiger partial charge in [-0.05, 0) is 37.5 Å². The number of imide groups is 1. The minimum absolute atomic E-state index is 0.0903. The average molecular weight is 546 g/mol. The maximum Gasteiger partial charge on any atom is 0.330 e. The van der Waals surface area contributed by atoms with E-state index in [0.29, 0.717) is 55.6 Å². The zero-order valence-corrected chi connectivity index (χ0v) is 23.0. The highest BCUT2D eigenvalue weighted by Gasteiger charge is 2.23. The number of rotatable bonds is 10. The van der Waals surface area contributed by atoms with E-state index < -0.39 is 17.8 Å². The molecule has 0 atom stereocenters. The van der Waals surface area contributed by atoms with Gasteiger partial charge in [0.15, 0.2) is 5.13 Å². The quantitative estimate of drug-likeness (QED) is 0.356. The van der Waals surface area contributed by atoms with Crippen LogP contribution in [0.2, 0.25) is 0 Å². The predicted octanol–water partition coefficient (Wildman–Crippen LogP) is 2.88. The van der Waals surface area contributed by atoms with Crippen LogP contribution < -0.4 is 5.32 Å². The number of aromatic nitrogens is 1. The molecule has 3 rings (SSSR count). The molecule has 2 aromatic rings. The third kappa shape index (κ3) is 8.88. The molecule has 0 aliphatic carbocycles. The molecule has 0 spiro atoms. The maximum absolute atomic E-state index is 12.6. The molecule has 1 aliphatic heterocycles. The lowest BCUT2D eigenvalue weighted by Crippen LogP contribution is -2.50. The number of fused-ring (bicyclic) bond motifs is 1. The van der Waals surface area contributed by atoms with Crippen LogP contribution in [-0.2, 0) is 28.8 Å². The Morgan fingerprint density at radius 1 is 1.00 bits per heavy atom. The summed E-state index contributed by atoms with van der Waals surface area (Å²) in [4.78, 5) is 72.5. The van der Waals surface area contributed by atoms with E-state index in [1.165, 1.54) is 11.3 Å². The molecule has 1 N–H and O–H groups in total. The Labute approximate surface area is 226 Å². The van der Waals surface area contributed by atoms with Crippen LogP contribution in [0.3, 0.4) is 0 Å². The lowest BCUT2D eigenvalue weighted by atomic mass is 10.1. The Morgan fingerprint density at radius 3 is 2.34 bits per heavy atom. The van der Waals surface area contributed by atoms with Crippen molar-refractivity contribution >= 4 is 56.3 Å². The number of benzene rings is 1. The summed E-state index contributed by atoms with van der Waals surface area (Å²) in [6.07, 6.45) is 3.26. The molecule has 1 aromatic carbocycles. The molecule has 1 aromatic heterocycles. The number of unbranched alkanes of at least 4 members (excludes halogenated alkanes) is 3. The summed E-state index contributed by atoms with van der Waals surface area (Å²) in [6, 6.07) is 6.00. The summed E-state index contributed by atoms with van der Waals surface area (Å²) in [5.74, 6) is -1.94. The zero-order valence-electron chi connectivity index (χ0n) is 22.2. The van der Waals surface area contributed by atoms with Crippen molar-refractivity contribution in [1.29, 1.82) is 0 Å². The van der Waals surface area contributed by atoms with Gasteiger partial charge in [0, 0.05) is 52.9 Å². The van der Waals surface area contributed by atoms with Crippen molar-refractivity contribution in [3.63, 3.8) is 0 Å². The number of hydroxylamine groups is 2. The first-order valence-electron chi connectivity index (χ1n) is 12.8. The normalized spacial score (nSPS) is 13.8. The third-order valence-corrected chi connectivity index (χ3v) is 7.08. The lowest BCUT2D eigenvalue weighted by molar-refractivity contribution is -0.200. The number of carbonyl (C=O) groups excluding carboxylic acids is 5. The van der Waals surface area contributed by atoms with Crippen LogP contribution in [0.1, 0.15) is 57.9 Å². The summed E-state index contributed by atoms with van der Waals surface area (Å²) in [7, 11) is 0. The van der Waals surface area contributed by atoms with Crippen molar-refractivity contribution in [2.24, 2.45) is 0 Å². The van der Waals surface area contributed by atoms with Crippen LogP contribution in [0.4, 0.5) is 5.13 Å². The smallest absolute Gasteiger partial charge is 0.330 e. The van der Waals surface area contributed by atoms with E-state index in [9.17, 15) is 24.0 Å². The number of thiazole rings is 1. The second-order valence-electron chi connectivity index (χ2n) is 9.40. The summed E-state index contributed by atoms with van der Waals surface area (Å²) < 4.78 is 1.04. The highest BCUT2D eigenvalue weighted by atomic mass is 32.1. The number of amides is 4. The Morgan fingerprint density at radius 2 is 1.68 bits per heavy atom. The van der Waals surface area contributed by atoms with Gasteiger partial charge in [-0.25, -0.2) is 9.78 Å². The van der Waals surface area contributed by atoms with E-state index >= 15 is 0 Å². The van der Waals surface area contributed by atoms with Crippen LogP contribution in [0.15, 0.2) is 18.2 Å². The zero-order chi connectivity index (χ0) is 27.7. The van der Waals surface area contributed by atoms with Crippen LogP contribution in [0.25, 0.3) is 10.2 Å². The standard InChI is InChI=1S/C26H35N5O6S/c1-18-10-11-21-22(16-18)38-26(27-21)28-23(34)17-29-12-14-30(15-13-29)24(35)8-6-4-5-7-9-25(36)31(19(2)32)37-20(3)33/h10-11,16H,4-9,12-15,17H2,1-3H3,(H,27,28,34). The Kier molecular flexibility index (Phi) is 10.7. The molecular weight excluding hydrogens is 510 g/mol. The van der Waals surface area contributed by atoms with Crippen molar-refractivity contribution in [3.8, 4) is 0 Å². The van der Waals surface area contributed by atoms with Gasteiger partial charge in [0.25, 0.3) is 11.8 Å². The fraction of sp³-hybridized carbons (Fsp3) is 0.538. The lowest BCUT2D eigenvalue weighted by Gasteiger charge is -2.34. The molecule has 0 saturated carbocycles. The number of hydrogen-bond acceptors (Lipinski definition) is 9. The van der Waals surface area contributed by atoms with Crippen molar-refractivity contribution in [1.82, 2.24) is 19.8 Å². The Balaban J connectivity index is 1.28. The van der Waals surface area contributed by atoms with Crippen LogP contribution >= 0.6 is 11.3 Å². The molecule has 1 fully saturated rings. The van der Waals surface area contributed by atoms with E-state index in [2.05, 4.69) is 21.2 Å². The Bertz CT molecular complexity index is 1170. The van der Waals surface area contributed by atoms with Gasteiger partial charge in [-0.15, -0.1) is 5.06 Å². The number of nitrogens with zero attached hydrogens (tertiary/aromatic N) is 4. The first-order valence-corrected chi connectivity index (χ1v) is 13.6. The molecule has 2 heterocycles. The maximum atomic E-state index is 12.6. The van der Waals surface area contributed by atoms with Gasteiger partial charge >= 0.3 is 5.97 Å². The topological polar surface area (TPSA) is 129 Å². The largest absolute Gasteiger partial charge is 0.340 e. The molecule has 38 heavy (non-hydrogen) atoms. The minimum Gasteiger partial charge on any atom is -0.340 e. The highest BCUT2D eigenvalue weighted by molar-refractivity contribution is 7.22. The van der Waals surface area contributed by atoms with E-state index in [4.69, 9.17) is 0 Å². The van der Waals surface area contributed by atoms with E-state index in [-0.39, 0.29) is 24.8 Å². The molecule has 0 unspecified atom stereocenters. The number of carbonyl (C=O) groups is 5. The van der Waals surface area contributed by atoms with Gasteiger partial charge in [-0.1, -0.05) is 30.2 Å². The summed E-state index contributed by atoms with van der Waals surface area (Å²) >= 11 is 1.46. The molecular formula is C26H35N5O6S. The molecule has 1 aliphatic rings. The molecule has 1 saturated heterocycles. The van der Waals surface area contributed by atoms with Gasteiger partial charge in [0.1, 0.15) is 0 Å². The van der Waals surface area contributed by atoms with E-state index in [1.807, 2.05) is 28.9 Å². The fourth-order valence-corrected chi connectivity index (χ4v) is 5.17. The number of aryl methyl sites for hydroxylation is 1. The summed E-state index contributed by atoms with van der Waals surface area (Å²) in [5.41, 5.74) is 2.02. The SMILES string of the molecule is CC(=O)ON(C(C)=O)C(=O)CCCCCCC(=O)N1CCN(CC(=O)Nc2nc3ccc(C)cc3s2)CC1. The van der Waals surface area contributed by atoms with Crippen molar-refractivity contribution < 1.29 is 28.8 Å². The first kappa shape index (κ1) is 29.2. The number of nitrogens with one attached hydrogen (secondary N) is 1. The number of piperazine rings is 1. The van der Waals surface area contributed by atoms with Crippen LogP contribution in [0, 0.1) is 6.92 Å². The second-order valence-corrected chi connectivity index (χ2v) is 10.4. The number of anilines is 1. The van der Waals surface area contributed by atoms with Gasteiger partial charge in [0.2, 0.25) is 11.8 Å². The minimum atomic E-state index is -0.726. The van der Waals surface area contributed by atoms with Gasteiger partial charge in [-0.2, -0.15) is 0 Å². The molecule has 11 nitrogen and oxygen atoms in total. The van der Waals surface area contributed by atoms with Gasteiger partial charge in [-0.3, -0.25) is 24.1 Å². The molecule has 206 valence electrons. The van der Waals surface area contributed by atoms with E-state index in [1.54, 1.807) is 0 Å². The van der Waals surface area contributed by atoms with Crippen molar-refractivity contribution in [2.45, 2.75) is 59.3 Å². The van der Waals surface area contributed by atoms with Gasteiger partial charge < -0.3 is 15.1 Å². The average Bonchev–Trinajstić information content (AvgIpc) is 3.25. The van der Waals surface area contributed by atoms with Gasteiger partial charge in [0.05, 0.1) is 16.8 Å². The molecule has 4 amide bonds. The third-order valence-electron chi connectivity index (χ3n) is 6.15. The van der Waals surface area contributed by atoms with Crippen LogP contribution in [-0.4, -0.2) is 82.2 Å². The van der Waals surface area contributed by atoms with E-state index in [0.717, 1.165) is 42.5 Å². The fourth-order valence-electron chi connectivity index (χ4n) is 4.19. The highest BCUT2D eigenvalue weighted by Crippen LogP contribution is 2.26. The first-order chi connectivity index (χ1) is 18.1. The van der Waals surface area contributed by atoms with Crippen LogP contribution in [0.5, 0.6) is 0 Å². The molecule has 0 bridgehead atoms. The van der Waals surface area contributed by atoms with Crippen molar-refractivity contribution in [3.05, 3.63) is 23.8 Å². The molecule has 0 radical (unpaired) electrons. The predicted molar refractivity (Wildman–Crippen MR) is 143 cm³/mol. The molecule has 12 heteroatoms. The monoisotopic (exact) mass is 545 g/mol. The number of hydrogen-bond donors (Lipinski definition) is 1.